The molecule has 10 heteroatoms. The van der Waals surface area contributed by atoms with Gasteiger partial charge in [-0.3, -0.25) is 4.79 Å². The average Bonchev–Trinajstić information content (AvgIpc) is 3.06. The topological polar surface area (TPSA) is 108 Å². The van der Waals surface area contributed by atoms with E-state index < -0.39 is 59.6 Å². The summed E-state index contributed by atoms with van der Waals surface area (Å²) in [6.45, 7) is 5.41. The summed E-state index contributed by atoms with van der Waals surface area (Å²) in [5.74, 6) is -4.78. The minimum atomic E-state index is -1.66. The first-order chi connectivity index (χ1) is 16.8. The zero-order valence-corrected chi connectivity index (χ0v) is 21.2. The molecule has 3 rings (SSSR count). The standard InChI is InChI=1S/C26H33ClF3N3O3/c1-25(2,3)12-20-26(31,17-8-7-14(27)11-19(17)29)21(16-5-4-6-18(28)22(16)30)23(33-20)24(36)32-10-9-15(35)13-34/h4-8,11,15,20-21,23,33-35H,9-10,12-13,31H2,1-3H3,(H,32,36)/t15-,20?,21-,23+,26+/m0/s1. The first kappa shape index (κ1) is 28.4. The van der Waals surface area contributed by atoms with Gasteiger partial charge in [0.2, 0.25) is 5.91 Å². The smallest absolute Gasteiger partial charge is 0.237 e. The number of carbonyl (C=O) groups is 1. The zero-order valence-electron chi connectivity index (χ0n) is 20.5. The number of aliphatic hydroxyl groups is 2. The molecule has 0 spiro atoms. The number of amides is 1. The Hall–Kier alpha value is -2.17. The maximum Gasteiger partial charge on any atom is 0.237 e. The lowest BCUT2D eigenvalue weighted by Gasteiger charge is -2.39. The first-order valence-electron chi connectivity index (χ1n) is 11.8. The van der Waals surface area contributed by atoms with Crippen molar-refractivity contribution in [3.8, 4) is 0 Å². The third kappa shape index (κ3) is 5.86. The highest BCUT2D eigenvalue weighted by Gasteiger charge is 2.58. The number of nitrogens with one attached hydrogen (secondary N) is 2. The summed E-state index contributed by atoms with van der Waals surface area (Å²) in [5.41, 5.74) is 4.89. The molecule has 0 aliphatic carbocycles. The molecule has 0 radical (unpaired) electrons. The molecule has 6 nitrogen and oxygen atoms in total. The predicted octanol–water partition coefficient (Wildman–Crippen LogP) is 3.33. The normalized spacial score (nSPS) is 25.1. The maximum atomic E-state index is 15.4. The number of rotatable bonds is 8. The number of halogens is 4. The zero-order chi connectivity index (χ0) is 26.8. The molecule has 6 N–H and O–H groups in total. The van der Waals surface area contributed by atoms with E-state index >= 15 is 8.78 Å². The number of nitrogens with two attached hydrogens (primary N) is 1. The molecule has 0 bridgehead atoms. The van der Waals surface area contributed by atoms with Crippen LogP contribution in [-0.2, 0) is 10.3 Å². The number of benzene rings is 2. The van der Waals surface area contributed by atoms with Gasteiger partial charge in [-0.15, -0.1) is 0 Å². The lowest BCUT2D eigenvalue weighted by molar-refractivity contribution is -0.123. The summed E-state index contributed by atoms with van der Waals surface area (Å²) >= 11 is 5.98. The Morgan fingerprint density at radius 3 is 2.53 bits per heavy atom. The van der Waals surface area contributed by atoms with Gasteiger partial charge in [0.05, 0.1) is 24.3 Å². The molecule has 1 saturated heterocycles. The van der Waals surface area contributed by atoms with Crippen LogP contribution in [0.4, 0.5) is 13.2 Å². The van der Waals surface area contributed by atoms with Crippen LogP contribution in [-0.4, -0.2) is 47.5 Å². The third-order valence-corrected chi connectivity index (χ3v) is 6.84. The highest BCUT2D eigenvalue weighted by molar-refractivity contribution is 6.30. The van der Waals surface area contributed by atoms with Crippen molar-refractivity contribution in [2.75, 3.05) is 13.2 Å². The molecule has 2 aromatic rings. The Bertz CT molecular complexity index is 1100. The van der Waals surface area contributed by atoms with E-state index in [4.69, 9.17) is 22.4 Å². The van der Waals surface area contributed by atoms with Gasteiger partial charge >= 0.3 is 0 Å². The molecule has 1 amide bonds. The largest absolute Gasteiger partial charge is 0.394 e. The molecule has 1 fully saturated rings. The molecular weight excluding hydrogens is 495 g/mol. The second-order valence-electron chi connectivity index (χ2n) is 10.6. The SMILES string of the molecule is CC(C)(C)CC1N[C@@H](C(=O)NCC[C@H](O)CO)[C@H](c2cccc(F)c2F)[C@@]1(N)c1ccc(Cl)cc1F. The third-order valence-electron chi connectivity index (χ3n) is 6.61. The first-order valence-corrected chi connectivity index (χ1v) is 12.2. The fraction of sp³-hybridized carbons (Fsp3) is 0.500. The van der Waals surface area contributed by atoms with Crippen LogP contribution in [0.3, 0.4) is 0 Å². The molecule has 36 heavy (non-hydrogen) atoms. The lowest BCUT2D eigenvalue weighted by atomic mass is 9.68. The predicted molar refractivity (Wildman–Crippen MR) is 132 cm³/mol. The van der Waals surface area contributed by atoms with E-state index in [9.17, 15) is 14.3 Å². The van der Waals surface area contributed by atoms with E-state index in [2.05, 4.69) is 10.6 Å². The van der Waals surface area contributed by atoms with Crippen LogP contribution < -0.4 is 16.4 Å². The van der Waals surface area contributed by atoms with Gasteiger partial charge in [0.1, 0.15) is 5.82 Å². The van der Waals surface area contributed by atoms with Crippen molar-refractivity contribution in [3.63, 3.8) is 0 Å². The summed E-state index contributed by atoms with van der Waals surface area (Å²) in [4.78, 5) is 13.4. The summed E-state index contributed by atoms with van der Waals surface area (Å²) in [5, 5.41) is 24.6. The summed E-state index contributed by atoms with van der Waals surface area (Å²) in [6, 6.07) is 5.73. The van der Waals surface area contributed by atoms with E-state index in [1.807, 2.05) is 20.8 Å². The number of aliphatic hydroxyl groups excluding tert-OH is 2. The van der Waals surface area contributed by atoms with Gasteiger partial charge < -0.3 is 26.6 Å². The highest BCUT2D eigenvalue weighted by atomic mass is 35.5. The summed E-state index contributed by atoms with van der Waals surface area (Å²) in [7, 11) is 0. The van der Waals surface area contributed by atoms with Crippen LogP contribution in [0.25, 0.3) is 0 Å². The molecule has 1 unspecified atom stereocenters. The van der Waals surface area contributed by atoms with Crippen molar-refractivity contribution in [3.05, 3.63) is 70.0 Å². The van der Waals surface area contributed by atoms with E-state index in [0.717, 1.165) is 12.1 Å². The minimum Gasteiger partial charge on any atom is -0.394 e. The molecule has 1 aliphatic rings. The molecule has 0 saturated carbocycles. The molecule has 0 aromatic heterocycles. The molecule has 1 aliphatic heterocycles. The van der Waals surface area contributed by atoms with Gasteiger partial charge in [0, 0.05) is 29.1 Å². The van der Waals surface area contributed by atoms with E-state index in [-0.39, 0.29) is 34.5 Å². The summed E-state index contributed by atoms with van der Waals surface area (Å²) in [6.07, 6.45) is -0.561. The van der Waals surface area contributed by atoms with Crippen LogP contribution in [0.15, 0.2) is 36.4 Å². The van der Waals surface area contributed by atoms with Gasteiger partial charge in [-0.2, -0.15) is 0 Å². The van der Waals surface area contributed by atoms with Crippen LogP contribution in [0.1, 0.15) is 50.7 Å². The Morgan fingerprint density at radius 1 is 1.22 bits per heavy atom. The van der Waals surface area contributed by atoms with E-state index in [0.29, 0.717) is 6.42 Å². The van der Waals surface area contributed by atoms with Crippen LogP contribution in [0.2, 0.25) is 5.02 Å². The lowest BCUT2D eigenvalue weighted by Crippen LogP contribution is -2.52. The highest BCUT2D eigenvalue weighted by Crippen LogP contribution is 2.49. The van der Waals surface area contributed by atoms with Gasteiger partial charge in [-0.1, -0.05) is 50.6 Å². The Kier molecular flexibility index (Phi) is 8.73. The van der Waals surface area contributed by atoms with Gasteiger partial charge in [-0.25, -0.2) is 13.2 Å². The van der Waals surface area contributed by atoms with Crippen molar-refractivity contribution in [1.82, 2.24) is 10.6 Å². The molecular formula is C26H33ClF3N3O3. The Labute approximate surface area is 214 Å². The van der Waals surface area contributed by atoms with Crippen molar-refractivity contribution < 1.29 is 28.2 Å². The quantitative estimate of drug-likeness (QED) is 0.362. The van der Waals surface area contributed by atoms with E-state index in [1.165, 1.54) is 24.3 Å². The molecule has 2 aromatic carbocycles. The van der Waals surface area contributed by atoms with Crippen molar-refractivity contribution in [1.29, 1.82) is 0 Å². The Balaban J connectivity index is 2.17. The molecule has 1 heterocycles. The summed E-state index contributed by atoms with van der Waals surface area (Å²) < 4.78 is 45.0. The van der Waals surface area contributed by atoms with Crippen LogP contribution >= 0.6 is 11.6 Å². The maximum absolute atomic E-state index is 15.4. The number of hydrogen-bond donors (Lipinski definition) is 5. The van der Waals surface area contributed by atoms with Crippen molar-refractivity contribution >= 4 is 17.5 Å². The average molecular weight is 528 g/mol. The Morgan fingerprint density at radius 2 is 1.92 bits per heavy atom. The molecule has 198 valence electrons. The fourth-order valence-electron chi connectivity index (χ4n) is 4.97. The second kappa shape index (κ2) is 11.1. The van der Waals surface area contributed by atoms with Crippen molar-refractivity contribution in [2.24, 2.45) is 11.1 Å². The van der Waals surface area contributed by atoms with Gasteiger partial charge in [0.25, 0.3) is 0 Å². The van der Waals surface area contributed by atoms with Crippen LogP contribution in [0, 0.1) is 22.9 Å². The van der Waals surface area contributed by atoms with Gasteiger partial charge in [0.15, 0.2) is 11.6 Å². The second-order valence-corrected chi connectivity index (χ2v) is 11.0. The fourth-order valence-corrected chi connectivity index (χ4v) is 5.13. The van der Waals surface area contributed by atoms with Crippen LogP contribution in [0.5, 0.6) is 0 Å². The minimum absolute atomic E-state index is 0.0216. The number of hydrogen-bond acceptors (Lipinski definition) is 5. The monoisotopic (exact) mass is 527 g/mol. The number of carbonyl (C=O) groups excluding carboxylic acids is 1. The van der Waals surface area contributed by atoms with Gasteiger partial charge in [-0.05, 0) is 42.0 Å². The van der Waals surface area contributed by atoms with Crippen molar-refractivity contribution in [2.45, 2.75) is 63.3 Å². The van der Waals surface area contributed by atoms with E-state index in [1.54, 1.807) is 0 Å². The molecule has 5 atom stereocenters.